The minimum absolute atomic E-state index is 0.0554. The first-order chi connectivity index (χ1) is 7.86. The van der Waals surface area contributed by atoms with Gasteiger partial charge in [-0.3, -0.25) is 10.2 Å². The first-order valence-corrected chi connectivity index (χ1v) is 6.53. The number of nitrogens with one attached hydrogen (secondary N) is 2. The average molecular weight is 236 g/mol. The largest absolute Gasteiger partial charge is 0.303 e. The van der Waals surface area contributed by atoms with E-state index in [1.807, 2.05) is 17.5 Å². The van der Waals surface area contributed by atoms with E-state index in [9.17, 15) is 4.79 Å². The third-order valence-corrected chi connectivity index (χ3v) is 3.49. The van der Waals surface area contributed by atoms with Crippen molar-refractivity contribution in [3.63, 3.8) is 0 Å². The maximum Gasteiger partial charge on any atom is 0.279 e. The highest BCUT2D eigenvalue weighted by Crippen LogP contribution is 2.14. The first-order valence-electron chi connectivity index (χ1n) is 5.65. The number of carbonyl (C=O) groups is 1. The van der Waals surface area contributed by atoms with Gasteiger partial charge in [-0.05, 0) is 37.1 Å². The Morgan fingerprint density at radius 1 is 1.31 bits per heavy atom. The number of thiophene rings is 1. The molecular formula is C12H16N2OS. The zero-order chi connectivity index (χ0) is 11.2. The number of hydrogen-bond donors (Lipinski definition) is 2. The number of allylic oxidation sites excluding steroid dienone is 2. The van der Waals surface area contributed by atoms with Crippen molar-refractivity contribution in [1.29, 1.82) is 0 Å². The summed E-state index contributed by atoms with van der Waals surface area (Å²) in [5, 5.41) is 1.90. The quantitative estimate of drug-likeness (QED) is 0.792. The van der Waals surface area contributed by atoms with Crippen LogP contribution >= 0.6 is 11.3 Å². The number of hydrazine groups is 1. The van der Waals surface area contributed by atoms with E-state index in [2.05, 4.69) is 16.9 Å². The Bertz CT molecular complexity index is 370. The molecule has 0 saturated heterocycles. The maximum absolute atomic E-state index is 11.6. The molecule has 86 valence electrons. The molecule has 1 aromatic heterocycles. The Morgan fingerprint density at radius 3 is 3.06 bits per heavy atom. The van der Waals surface area contributed by atoms with Crippen molar-refractivity contribution < 1.29 is 4.79 Å². The summed E-state index contributed by atoms with van der Waals surface area (Å²) in [5.41, 5.74) is 6.89. The van der Waals surface area contributed by atoms with Crippen LogP contribution in [0.4, 0.5) is 0 Å². The molecule has 0 fully saturated rings. The third kappa shape index (κ3) is 3.10. The Hall–Kier alpha value is -1.29. The molecule has 0 saturated carbocycles. The van der Waals surface area contributed by atoms with Gasteiger partial charge in [-0.1, -0.05) is 18.6 Å². The van der Waals surface area contributed by atoms with Gasteiger partial charge in [0.15, 0.2) is 0 Å². The van der Waals surface area contributed by atoms with E-state index in [1.165, 1.54) is 30.6 Å². The molecule has 0 radical (unpaired) electrons. The smallest absolute Gasteiger partial charge is 0.279 e. The lowest BCUT2D eigenvalue weighted by Gasteiger charge is -2.10. The van der Waals surface area contributed by atoms with E-state index in [-0.39, 0.29) is 5.91 Å². The normalized spacial score (nSPS) is 16.1. The van der Waals surface area contributed by atoms with E-state index in [0.717, 1.165) is 23.4 Å². The fourth-order valence-corrected chi connectivity index (χ4v) is 2.35. The van der Waals surface area contributed by atoms with Gasteiger partial charge in [-0.15, -0.1) is 11.3 Å². The van der Waals surface area contributed by atoms with Crippen molar-refractivity contribution in [2.45, 2.75) is 32.1 Å². The summed E-state index contributed by atoms with van der Waals surface area (Å²) in [6, 6.07) is 3.70. The zero-order valence-corrected chi connectivity index (χ0v) is 9.98. The van der Waals surface area contributed by atoms with Crippen LogP contribution in [-0.2, 0) is 0 Å². The molecule has 4 heteroatoms. The average Bonchev–Trinajstić information content (AvgIpc) is 2.71. The lowest BCUT2D eigenvalue weighted by atomic mass is 10.2. The highest BCUT2D eigenvalue weighted by atomic mass is 32.1. The van der Waals surface area contributed by atoms with Crippen LogP contribution in [0.2, 0.25) is 0 Å². The molecule has 1 amide bonds. The van der Waals surface area contributed by atoms with Crippen LogP contribution < -0.4 is 10.9 Å². The summed E-state index contributed by atoms with van der Waals surface area (Å²) in [6.07, 6.45) is 8.06. The van der Waals surface area contributed by atoms with E-state index >= 15 is 0 Å². The SMILES string of the molecule is O=C(NNC1=CCCCCC1)c1cccs1. The van der Waals surface area contributed by atoms with Gasteiger partial charge in [0.2, 0.25) is 0 Å². The van der Waals surface area contributed by atoms with Crippen molar-refractivity contribution in [3.8, 4) is 0 Å². The van der Waals surface area contributed by atoms with E-state index in [1.54, 1.807) is 0 Å². The van der Waals surface area contributed by atoms with Crippen LogP contribution in [0.1, 0.15) is 41.8 Å². The minimum Gasteiger partial charge on any atom is -0.303 e. The Morgan fingerprint density at radius 2 is 2.25 bits per heavy atom. The molecule has 0 aliphatic heterocycles. The van der Waals surface area contributed by atoms with Gasteiger partial charge in [-0.25, -0.2) is 0 Å². The van der Waals surface area contributed by atoms with Crippen LogP contribution in [0.25, 0.3) is 0 Å². The first kappa shape index (κ1) is 11.2. The summed E-state index contributed by atoms with van der Waals surface area (Å²) in [4.78, 5) is 12.4. The summed E-state index contributed by atoms with van der Waals surface area (Å²) in [7, 11) is 0. The lowest BCUT2D eigenvalue weighted by Crippen LogP contribution is -2.36. The van der Waals surface area contributed by atoms with Gasteiger partial charge in [0.25, 0.3) is 5.91 Å². The predicted octanol–water partition coefficient (Wildman–Crippen LogP) is 2.83. The Labute approximate surface area is 99.5 Å². The second-order valence-corrected chi connectivity index (χ2v) is 4.83. The second-order valence-electron chi connectivity index (χ2n) is 3.89. The van der Waals surface area contributed by atoms with E-state index in [0.29, 0.717) is 0 Å². The highest BCUT2D eigenvalue weighted by molar-refractivity contribution is 7.12. The molecule has 1 aromatic rings. The molecule has 2 rings (SSSR count). The van der Waals surface area contributed by atoms with Crippen molar-refractivity contribution in [1.82, 2.24) is 10.9 Å². The molecule has 1 heterocycles. The van der Waals surface area contributed by atoms with Gasteiger partial charge in [0.05, 0.1) is 4.88 Å². The van der Waals surface area contributed by atoms with E-state index < -0.39 is 0 Å². The number of hydrogen-bond acceptors (Lipinski definition) is 3. The molecule has 2 N–H and O–H groups in total. The molecule has 0 aromatic carbocycles. The van der Waals surface area contributed by atoms with Crippen molar-refractivity contribution in [3.05, 3.63) is 34.2 Å². The summed E-state index contributed by atoms with van der Waals surface area (Å²) < 4.78 is 0. The van der Waals surface area contributed by atoms with Crippen LogP contribution in [0.15, 0.2) is 29.3 Å². The van der Waals surface area contributed by atoms with Gasteiger partial charge < -0.3 is 5.43 Å². The Balaban J connectivity index is 1.82. The summed E-state index contributed by atoms with van der Waals surface area (Å²) >= 11 is 1.45. The van der Waals surface area contributed by atoms with Crippen LogP contribution in [-0.4, -0.2) is 5.91 Å². The van der Waals surface area contributed by atoms with Crippen molar-refractivity contribution in [2.75, 3.05) is 0 Å². The molecule has 0 bridgehead atoms. The minimum atomic E-state index is -0.0554. The standard InChI is InChI=1S/C12H16N2OS/c15-12(11-8-5-9-16-11)14-13-10-6-3-1-2-4-7-10/h5-6,8-9,13H,1-4,7H2,(H,14,15). The molecule has 0 atom stereocenters. The zero-order valence-electron chi connectivity index (χ0n) is 9.16. The monoisotopic (exact) mass is 236 g/mol. The van der Waals surface area contributed by atoms with E-state index in [4.69, 9.17) is 0 Å². The molecular weight excluding hydrogens is 220 g/mol. The lowest BCUT2D eigenvalue weighted by molar-refractivity contribution is 0.0942. The van der Waals surface area contributed by atoms with Crippen molar-refractivity contribution >= 4 is 17.2 Å². The summed E-state index contributed by atoms with van der Waals surface area (Å²) in [6.45, 7) is 0. The molecule has 0 unspecified atom stereocenters. The number of rotatable bonds is 3. The number of amides is 1. The topological polar surface area (TPSA) is 41.1 Å². The molecule has 16 heavy (non-hydrogen) atoms. The Kier molecular flexibility index (Phi) is 3.99. The van der Waals surface area contributed by atoms with Crippen LogP contribution in [0.5, 0.6) is 0 Å². The fraction of sp³-hybridized carbons (Fsp3) is 0.417. The van der Waals surface area contributed by atoms with Crippen molar-refractivity contribution in [2.24, 2.45) is 0 Å². The van der Waals surface area contributed by atoms with Gasteiger partial charge in [-0.2, -0.15) is 0 Å². The molecule has 3 nitrogen and oxygen atoms in total. The van der Waals surface area contributed by atoms with Gasteiger partial charge >= 0.3 is 0 Å². The highest BCUT2D eigenvalue weighted by Gasteiger charge is 2.07. The van der Waals surface area contributed by atoms with Crippen LogP contribution in [0.3, 0.4) is 0 Å². The van der Waals surface area contributed by atoms with Crippen LogP contribution in [0, 0.1) is 0 Å². The van der Waals surface area contributed by atoms with Gasteiger partial charge in [0.1, 0.15) is 0 Å². The maximum atomic E-state index is 11.6. The summed E-state index contributed by atoms with van der Waals surface area (Å²) in [5.74, 6) is -0.0554. The molecule has 0 spiro atoms. The molecule has 1 aliphatic rings. The van der Waals surface area contributed by atoms with Gasteiger partial charge in [0, 0.05) is 5.70 Å². The third-order valence-electron chi connectivity index (χ3n) is 2.62. The number of carbonyl (C=O) groups excluding carboxylic acids is 1. The molecule has 1 aliphatic carbocycles. The fourth-order valence-electron chi connectivity index (χ4n) is 1.73. The second kappa shape index (κ2) is 5.70. The predicted molar refractivity (Wildman–Crippen MR) is 66.1 cm³/mol.